The minimum atomic E-state index is -1.44. The maximum atomic E-state index is 8.40. The summed E-state index contributed by atoms with van der Waals surface area (Å²) < 4.78 is 0. The summed E-state index contributed by atoms with van der Waals surface area (Å²) in [6.45, 7) is 13.2. The Morgan fingerprint density at radius 3 is 1.00 bits per heavy atom. The predicted molar refractivity (Wildman–Crippen MR) is 66.8 cm³/mol. The van der Waals surface area contributed by atoms with Crippen LogP contribution in [0.2, 0.25) is 0 Å². The van der Waals surface area contributed by atoms with Crippen LogP contribution in [0, 0.1) is 5.16 Å². The van der Waals surface area contributed by atoms with Gasteiger partial charge < -0.3 is 5.16 Å². The number of rotatable bonds is 3. The second-order valence-electron chi connectivity index (χ2n) is 4.19. The molecule has 5 heteroatoms. The van der Waals surface area contributed by atoms with Crippen LogP contribution in [0.15, 0.2) is 0 Å². The third-order valence-electron chi connectivity index (χ3n) is 2.56. The van der Waals surface area contributed by atoms with Crippen molar-refractivity contribution in [1.82, 2.24) is 0 Å². The van der Waals surface area contributed by atoms with Crippen LogP contribution in [0.3, 0.4) is 0 Å². The molecule has 0 amide bonds. The molecule has 0 spiro atoms. The SMILES string of the molecule is CC(C)P(=N)(C(C)C)C(C)C.[Cl][Ti][Cl]. The molecule has 0 atom stereocenters. The van der Waals surface area contributed by atoms with Crippen molar-refractivity contribution < 1.29 is 17.0 Å². The van der Waals surface area contributed by atoms with E-state index in [1.54, 1.807) is 0 Å². The Morgan fingerprint density at radius 2 is 1.00 bits per heavy atom. The minimum absolute atomic E-state index is 0.556. The fraction of sp³-hybridized carbons (Fsp3) is 1.00. The summed E-state index contributed by atoms with van der Waals surface area (Å²) in [4.78, 5) is 0. The van der Waals surface area contributed by atoms with Gasteiger partial charge in [0.25, 0.3) is 0 Å². The Bertz CT molecular complexity index is 155. The molecule has 0 aliphatic rings. The first-order valence-corrected chi connectivity index (χ1v) is 11.1. The summed E-state index contributed by atoms with van der Waals surface area (Å²) in [7, 11) is 8.34. The molecule has 0 bridgehead atoms. The van der Waals surface area contributed by atoms with Crippen LogP contribution >= 0.6 is 25.7 Å². The van der Waals surface area contributed by atoms with Crippen molar-refractivity contribution in [2.45, 2.75) is 58.5 Å². The van der Waals surface area contributed by atoms with Gasteiger partial charge in [-0.2, -0.15) is 0 Å². The van der Waals surface area contributed by atoms with Crippen LogP contribution in [0.5, 0.6) is 0 Å². The van der Waals surface area contributed by atoms with E-state index in [4.69, 9.17) is 23.8 Å². The van der Waals surface area contributed by atoms with Crippen LogP contribution < -0.4 is 0 Å². The molecular formula is C9H22Cl2NPTi. The number of nitrogens with one attached hydrogen (secondary N) is 1. The van der Waals surface area contributed by atoms with Gasteiger partial charge in [-0.25, -0.2) is 0 Å². The number of halogens is 2. The zero-order valence-corrected chi connectivity index (χ0v) is 13.9. The normalized spacial score (nSPS) is 11.6. The van der Waals surface area contributed by atoms with Gasteiger partial charge in [-0.15, -0.1) is 0 Å². The van der Waals surface area contributed by atoms with Crippen LogP contribution in [0.25, 0.3) is 0 Å². The summed E-state index contributed by atoms with van der Waals surface area (Å²) in [6, 6.07) is 0. The predicted octanol–water partition coefficient (Wildman–Crippen LogP) is 5.37. The molecule has 0 aromatic rings. The molecule has 0 fully saturated rings. The first kappa shape index (κ1) is 17.9. The van der Waals surface area contributed by atoms with Crippen molar-refractivity contribution in [3.63, 3.8) is 0 Å². The zero-order chi connectivity index (χ0) is 11.9. The summed E-state index contributed by atoms with van der Waals surface area (Å²) >= 11 is -0.556. The second kappa shape index (κ2) is 8.65. The van der Waals surface area contributed by atoms with E-state index in [0.29, 0.717) is 17.0 Å². The van der Waals surface area contributed by atoms with E-state index in [1.165, 1.54) is 0 Å². The molecule has 14 heavy (non-hydrogen) atoms. The molecule has 86 valence electrons. The summed E-state index contributed by atoms with van der Waals surface area (Å²) in [6.07, 6.45) is 0. The van der Waals surface area contributed by atoms with E-state index in [0.717, 1.165) is 0 Å². The monoisotopic (exact) mass is 293 g/mol. The summed E-state index contributed by atoms with van der Waals surface area (Å²) in [5, 5.41) is 8.40. The van der Waals surface area contributed by atoms with Crippen molar-refractivity contribution in [1.29, 1.82) is 5.16 Å². The van der Waals surface area contributed by atoms with E-state index in [9.17, 15) is 0 Å². The average molecular weight is 294 g/mol. The first-order chi connectivity index (χ1) is 6.24. The van der Waals surface area contributed by atoms with Crippen LogP contribution in [-0.4, -0.2) is 17.0 Å². The molecule has 0 aliphatic carbocycles. The Morgan fingerprint density at radius 1 is 0.857 bits per heavy atom. The molecule has 0 aromatic carbocycles. The van der Waals surface area contributed by atoms with Gasteiger partial charge in [0, 0.05) is 0 Å². The third kappa shape index (κ3) is 5.57. The average Bonchev–Trinajstić information content (AvgIpc) is 2.03. The van der Waals surface area contributed by atoms with Crippen LogP contribution in [0.1, 0.15) is 41.5 Å². The van der Waals surface area contributed by atoms with Gasteiger partial charge in [-0.3, -0.25) is 0 Å². The van der Waals surface area contributed by atoms with Crippen molar-refractivity contribution in [3.05, 3.63) is 0 Å². The Balaban J connectivity index is 0. The van der Waals surface area contributed by atoms with Crippen LogP contribution in [-0.2, 0) is 17.0 Å². The topological polar surface area (TPSA) is 23.9 Å². The quantitative estimate of drug-likeness (QED) is 0.534. The Hall–Kier alpha value is 1.52. The molecule has 0 unspecified atom stereocenters. The van der Waals surface area contributed by atoms with E-state index >= 15 is 0 Å². The van der Waals surface area contributed by atoms with Crippen molar-refractivity contribution >= 4 is 25.7 Å². The van der Waals surface area contributed by atoms with Crippen LogP contribution in [0.4, 0.5) is 0 Å². The molecular weight excluding hydrogens is 272 g/mol. The fourth-order valence-electron chi connectivity index (χ4n) is 1.79. The molecule has 0 saturated carbocycles. The van der Waals surface area contributed by atoms with Gasteiger partial charge in [0.05, 0.1) is 0 Å². The zero-order valence-electron chi connectivity index (χ0n) is 9.94. The fourth-order valence-corrected chi connectivity index (χ4v) is 5.37. The molecule has 0 aromatic heterocycles. The molecule has 0 radical (unpaired) electrons. The van der Waals surface area contributed by atoms with Crippen molar-refractivity contribution in [3.8, 4) is 0 Å². The third-order valence-corrected chi connectivity index (χ3v) is 7.69. The van der Waals surface area contributed by atoms with Crippen molar-refractivity contribution in [2.24, 2.45) is 0 Å². The van der Waals surface area contributed by atoms with Gasteiger partial charge in [-0.05, 0) is 24.0 Å². The molecule has 1 N–H and O–H groups in total. The molecule has 1 nitrogen and oxygen atoms in total. The van der Waals surface area contributed by atoms with Crippen molar-refractivity contribution in [2.75, 3.05) is 0 Å². The van der Waals surface area contributed by atoms with E-state index in [2.05, 4.69) is 41.5 Å². The number of hydrogen-bond acceptors (Lipinski definition) is 1. The van der Waals surface area contributed by atoms with Gasteiger partial charge in [0.2, 0.25) is 0 Å². The Kier molecular flexibility index (Phi) is 11.1. The molecule has 0 saturated heterocycles. The van der Waals surface area contributed by atoms with Gasteiger partial charge >= 0.3 is 35.6 Å². The maximum absolute atomic E-state index is 8.40. The van der Waals surface area contributed by atoms with E-state index in [-0.39, 0.29) is 0 Å². The molecule has 0 rings (SSSR count). The second-order valence-corrected chi connectivity index (χ2v) is 11.5. The van der Waals surface area contributed by atoms with E-state index in [1.807, 2.05) is 0 Å². The van der Waals surface area contributed by atoms with E-state index < -0.39 is 24.1 Å². The number of hydrogen-bond donors (Lipinski definition) is 1. The first-order valence-electron chi connectivity index (χ1n) is 4.84. The summed E-state index contributed by atoms with van der Waals surface area (Å²) in [5.74, 6) is 0. The Labute approximate surface area is 106 Å². The summed E-state index contributed by atoms with van der Waals surface area (Å²) in [5.41, 5.74) is 1.67. The van der Waals surface area contributed by atoms with Gasteiger partial charge in [-0.1, -0.05) is 41.5 Å². The molecule has 0 aliphatic heterocycles. The molecule has 0 heterocycles. The van der Waals surface area contributed by atoms with Gasteiger partial charge in [0.15, 0.2) is 0 Å². The standard InChI is InChI=1S/C9H22NP.2ClH.Ti/c1-7(2)11(10,8(3)4)9(5)6;;;/h7-10H,1-6H3;2*1H;/q;;;+2/p-2. The van der Waals surface area contributed by atoms with Gasteiger partial charge in [0.1, 0.15) is 0 Å².